The molecule has 0 unspecified atom stereocenters. The number of rotatable bonds is 1. The van der Waals surface area contributed by atoms with Crippen molar-refractivity contribution >= 4 is 5.69 Å². The fourth-order valence-electron chi connectivity index (χ4n) is 4.68. The smallest absolute Gasteiger partial charge is 0.123 e. The average Bonchev–Trinajstić information content (AvgIpc) is 2.87. The molecule has 1 saturated carbocycles. The number of piperidine rings is 1. The Morgan fingerprint density at radius 2 is 1.86 bits per heavy atom. The molecule has 2 fully saturated rings. The van der Waals surface area contributed by atoms with Crippen molar-refractivity contribution < 1.29 is 4.39 Å². The van der Waals surface area contributed by atoms with Gasteiger partial charge in [0.1, 0.15) is 5.82 Å². The van der Waals surface area contributed by atoms with Crippen molar-refractivity contribution in [2.75, 3.05) is 25.0 Å². The van der Waals surface area contributed by atoms with Gasteiger partial charge in [-0.1, -0.05) is 19.3 Å². The minimum Gasteiger partial charge on any atom is -0.384 e. The molecule has 0 bridgehead atoms. The van der Waals surface area contributed by atoms with Crippen molar-refractivity contribution in [2.45, 2.75) is 56.4 Å². The monoisotopic (exact) mass is 288 g/mol. The molecular weight excluding hydrogens is 263 g/mol. The van der Waals surface area contributed by atoms with Gasteiger partial charge in [-0.05, 0) is 62.5 Å². The number of nitrogens with zero attached hydrogens (tertiary/aromatic N) is 1. The Kier molecular flexibility index (Phi) is 3.41. The molecule has 2 nitrogen and oxygen atoms in total. The molecule has 1 aromatic carbocycles. The lowest BCUT2D eigenvalue weighted by Crippen LogP contribution is -2.48. The third-order valence-electron chi connectivity index (χ3n) is 6.02. The van der Waals surface area contributed by atoms with Crippen LogP contribution in [0.5, 0.6) is 0 Å². The zero-order valence-electron chi connectivity index (χ0n) is 12.7. The number of anilines is 1. The highest BCUT2D eigenvalue weighted by Crippen LogP contribution is 2.44. The van der Waals surface area contributed by atoms with Crippen LogP contribution in [0, 0.1) is 5.82 Å². The lowest BCUT2D eigenvalue weighted by molar-refractivity contribution is 0.0981. The second-order valence-corrected chi connectivity index (χ2v) is 7.15. The van der Waals surface area contributed by atoms with Crippen LogP contribution in [0.1, 0.15) is 50.5 Å². The molecule has 1 saturated heterocycles. The van der Waals surface area contributed by atoms with Crippen molar-refractivity contribution in [1.29, 1.82) is 0 Å². The van der Waals surface area contributed by atoms with Gasteiger partial charge in [-0.25, -0.2) is 4.39 Å². The maximum atomic E-state index is 13.6. The number of likely N-dealkylation sites (tertiary alicyclic amines) is 1. The summed E-state index contributed by atoms with van der Waals surface area (Å²) >= 11 is 0. The van der Waals surface area contributed by atoms with Crippen LogP contribution in [0.25, 0.3) is 0 Å². The molecule has 0 amide bonds. The fourth-order valence-corrected chi connectivity index (χ4v) is 4.68. The Balaban J connectivity index is 1.49. The molecular formula is C18H25FN2. The summed E-state index contributed by atoms with van der Waals surface area (Å²) in [6.45, 7) is 3.36. The summed E-state index contributed by atoms with van der Waals surface area (Å²) in [5.41, 5.74) is 2.57. The molecule has 4 rings (SSSR count). The quantitative estimate of drug-likeness (QED) is 0.842. The topological polar surface area (TPSA) is 15.3 Å². The first kappa shape index (κ1) is 13.6. The second-order valence-electron chi connectivity index (χ2n) is 7.15. The predicted molar refractivity (Wildman–Crippen MR) is 84.2 cm³/mol. The lowest BCUT2D eigenvalue weighted by Gasteiger charge is -2.43. The van der Waals surface area contributed by atoms with Crippen LogP contribution >= 0.6 is 0 Å². The lowest BCUT2D eigenvalue weighted by atomic mass is 9.73. The van der Waals surface area contributed by atoms with E-state index < -0.39 is 0 Å². The van der Waals surface area contributed by atoms with Gasteiger partial charge in [-0.15, -0.1) is 0 Å². The van der Waals surface area contributed by atoms with Crippen molar-refractivity contribution in [3.05, 3.63) is 29.6 Å². The van der Waals surface area contributed by atoms with E-state index in [1.807, 2.05) is 6.07 Å². The molecule has 1 N–H and O–H groups in total. The zero-order chi connectivity index (χ0) is 14.3. The van der Waals surface area contributed by atoms with E-state index in [0.29, 0.717) is 0 Å². The van der Waals surface area contributed by atoms with Gasteiger partial charge < -0.3 is 10.2 Å². The molecule has 2 heterocycles. The standard InChI is InChI=1S/C18H25FN2/c19-14-6-7-17-16(12-14)18(13-20-17)8-10-21(11-9-18)15-4-2-1-3-5-15/h6-7,12,15,20H,1-5,8-11,13H2. The average molecular weight is 288 g/mol. The van der Waals surface area contributed by atoms with Crippen LogP contribution in [-0.2, 0) is 5.41 Å². The third-order valence-corrected chi connectivity index (χ3v) is 6.02. The summed E-state index contributed by atoms with van der Waals surface area (Å²) in [5.74, 6) is -0.0912. The molecule has 0 aromatic heterocycles. The maximum Gasteiger partial charge on any atom is 0.123 e. The van der Waals surface area contributed by atoms with Gasteiger partial charge >= 0.3 is 0 Å². The largest absolute Gasteiger partial charge is 0.384 e. The summed E-state index contributed by atoms with van der Waals surface area (Å²) in [7, 11) is 0. The highest BCUT2D eigenvalue weighted by atomic mass is 19.1. The highest BCUT2D eigenvalue weighted by molar-refractivity contribution is 5.60. The molecule has 1 spiro atoms. The Labute approximate surface area is 126 Å². The van der Waals surface area contributed by atoms with Gasteiger partial charge in [0.05, 0.1) is 0 Å². The van der Waals surface area contributed by atoms with Crippen LogP contribution in [-0.4, -0.2) is 30.6 Å². The van der Waals surface area contributed by atoms with Crippen molar-refractivity contribution in [3.63, 3.8) is 0 Å². The Morgan fingerprint density at radius 1 is 1.10 bits per heavy atom. The Morgan fingerprint density at radius 3 is 2.62 bits per heavy atom. The van der Waals surface area contributed by atoms with Crippen LogP contribution in [0.15, 0.2) is 18.2 Å². The normalized spacial score (nSPS) is 25.8. The van der Waals surface area contributed by atoms with Gasteiger partial charge in [0.15, 0.2) is 0 Å². The van der Waals surface area contributed by atoms with E-state index in [2.05, 4.69) is 10.2 Å². The zero-order valence-corrected chi connectivity index (χ0v) is 12.7. The van der Waals surface area contributed by atoms with E-state index in [0.717, 1.165) is 18.3 Å². The summed E-state index contributed by atoms with van der Waals surface area (Å²) < 4.78 is 13.6. The minimum atomic E-state index is -0.0912. The Hall–Kier alpha value is -1.09. The highest BCUT2D eigenvalue weighted by Gasteiger charge is 2.42. The third kappa shape index (κ3) is 2.36. The van der Waals surface area contributed by atoms with Crippen LogP contribution < -0.4 is 5.32 Å². The molecule has 1 aromatic rings. The first-order chi connectivity index (χ1) is 10.3. The predicted octanol–water partition coefficient (Wildman–Crippen LogP) is 3.92. The van der Waals surface area contributed by atoms with E-state index in [9.17, 15) is 4.39 Å². The Bertz CT molecular complexity index is 514. The summed E-state index contributed by atoms with van der Waals surface area (Å²) in [6, 6.07) is 6.07. The van der Waals surface area contributed by atoms with Crippen LogP contribution in [0.2, 0.25) is 0 Å². The number of hydrogen-bond acceptors (Lipinski definition) is 2. The van der Waals surface area contributed by atoms with E-state index in [1.54, 1.807) is 12.1 Å². The number of nitrogens with one attached hydrogen (secondary N) is 1. The van der Waals surface area contributed by atoms with Gasteiger partial charge in [0.25, 0.3) is 0 Å². The van der Waals surface area contributed by atoms with E-state index in [4.69, 9.17) is 0 Å². The van der Waals surface area contributed by atoms with E-state index in [1.165, 1.54) is 63.6 Å². The summed E-state index contributed by atoms with van der Waals surface area (Å²) in [4.78, 5) is 2.71. The van der Waals surface area contributed by atoms with Gasteiger partial charge in [0.2, 0.25) is 0 Å². The van der Waals surface area contributed by atoms with Crippen molar-refractivity contribution in [1.82, 2.24) is 4.90 Å². The first-order valence-corrected chi connectivity index (χ1v) is 8.55. The van der Waals surface area contributed by atoms with Gasteiger partial charge in [-0.3, -0.25) is 0 Å². The van der Waals surface area contributed by atoms with Crippen molar-refractivity contribution in [3.8, 4) is 0 Å². The number of halogens is 1. The fraction of sp³-hybridized carbons (Fsp3) is 0.667. The van der Waals surface area contributed by atoms with E-state index in [-0.39, 0.29) is 11.2 Å². The molecule has 3 aliphatic rings. The summed E-state index contributed by atoms with van der Waals surface area (Å²) in [6.07, 6.45) is 9.35. The van der Waals surface area contributed by atoms with Crippen LogP contribution in [0.4, 0.5) is 10.1 Å². The molecule has 3 heteroatoms. The molecule has 2 aliphatic heterocycles. The SMILES string of the molecule is Fc1ccc2c(c1)C1(CCN(C3CCCCC3)CC1)CN2. The molecule has 21 heavy (non-hydrogen) atoms. The number of fused-ring (bicyclic) bond motifs is 2. The molecule has 1 aliphatic carbocycles. The molecule has 0 atom stereocenters. The van der Waals surface area contributed by atoms with E-state index >= 15 is 0 Å². The first-order valence-electron chi connectivity index (χ1n) is 8.55. The van der Waals surface area contributed by atoms with Crippen LogP contribution in [0.3, 0.4) is 0 Å². The minimum absolute atomic E-state index is 0.0912. The van der Waals surface area contributed by atoms with Gasteiger partial charge in [-0.2, -0.15) is 0 Å². The second kappa shape index (κ2) is 5.28. The van der Waals surface area contributed by atoms with Crippen molar-refractivity contribution in [2.24, 2.45) is 0 Å². The number of benzene rings is 1. The molecule has 114 valence electrons. The van der Waals surface area contributed by atoms with Gasteiger partial charge in [0, 0.05) is 23.7 Å². The molecule has 0 radical (unpaired) electrons. The maximum absolute atomic E-state index is 13.6. The number of hydrogen-bond donors (Lipinski definition) is 1. The summed E-state index contributed by atoms with van der Waals surface area (Å²) in [5, 5.41) is 3.50.